The van der Waals surface area contributed by atoms with Crippen LogP contribution >= 0.6 is 23.2 Å². The summed E-state index contributed by atoms with van der Waals surface area (Å²) in [5.41, 5.74) is 1.63. The summed E-state index contributed by atoms with van der Waals surface area (Å²) in [5.74, 6) is 0.259. The molecular formula is C20H13Cl2N3O3. The summed E-state index contributed by atoms with van der Waals surface area (Å²) >= 11 is 12.4. The lowest BCUT2D eigenvalue weighted by Crippen LogP contribution is -2.05. The van der Waals surface area contributed by atoms with Crippen molar-refractivity contribution in [3.8, 4) is 11.1 Å². The van der Waals surface area contributed by atoms with Crippen molar-refractivity contribution in [3.05, 3.63) is 80.8 Å². The van der Waals surface area contributed by atoms with Gasteiger partial charge in [0.25, 0.3) is 0 Å². The molecule has 0 bridgehead atoms. The number of benzene rings is 2. The highest BCUT2D eigenvalue weighted by atomic mass is 35.5. The van der Waals surface area contributed by atoms with Crippen LogP contribution in [-0.2, 0) is 6.61 Å². The molecule has 2 aromatic carbocycles. The smallest absolute Gasteiger partial charge is 0.345 e. The minimum Gasteiger partial charge on any atom is -0.403 e. The third-order valence-electron chi connectivity index (χ3n) is 4.09. The van der Waals surface area contributed by atoms with E-state index in [9.17, 15) is 9.90 Å². The molecule has 0 amide bonds. The van der Waals surface area contributed by atoms with Crippen molar-refractivity contribution in [3.63, 3.8) is 0 Å². The first kappa shape index (κ1) is 18.4. The average Bonchev–Trinajstić information content (AvgIpc) is 2.68. The Hall–Kier alpha value is -2.93. The van der Waals surface area contributed by atoms with Crippen LogP contribution in [0.25, 0.3) is 22.2 Å². The van der Waals surface area contributed by atoms with Gasteiger partial charge in [0.05, 0.1) is 27.6 Å². The van der Waals surface area contributed by atoms with Crippen molar-refractivity contribution >= 4 is 45.9 Å². The molecule has 0 aliphatic heterocycles. The molecule has 0 saturated heterocycles. The van der Waals surface area contributed by atoms with E-state index in [-0.39, 0.29) is 23.8 Å². The Morgan fingerprint density at radius 3 is 2.57 bits per heavy atom. The summed E-state index contributed by atoms with van der Waals surface area (Å²) in [4.78, 5) is 21.0. The van der Waals surface area contributed by atoms with Gasteiger partial charge in [-0.15, -0.1) is 0 Å². The van der Waals surface area contributed by atoms with Crippen molar-refractivity contribution in [2.75, 3.05) is 5.32 Å². The summed E-state index contributed by atoms with van der Waals surface area (Å²) in [6.07, 6.45) is 1.54. The van der Waals surface area contributed by atoms with E-state index in [1.54, 1.807) is 42.5 Å². The number of hydrogen-bond donors (Lipinski definition) is 2. The van der Waals surface area contributed by atoms with Crippen LogP contribution < -0.4 is 10.9 Å². The summed E-state index contributed by atoms with van der Waals surface area (Å²) in [7, 11) is 0. The second kappa shape index (κ2) is 7.59. The van der Waals surface area contributed by atoms with Crippen molar-refractivity contribution in [1.82, 2.24) is 9.97 Å². The first-order valence-electron chi connectivity index (χ1n) is 8.27. The van der Waals surface area contributed by atoms with E-state index in [0.717, 1.165) is 5.56 Å². The largest absolute Gasteiger partial charge is 0.403 e. The Labute approximate surface area is 169 Å². The normalized spacial score (nSPS) is 11.0. The molecule has 2 heterocycles. The fourth-order valence-electron chi connectivity index (χ4n) is 2.78. The highest BCUT2D eigenvalue weighted by Crippen LogP contribution is 2.33. The number of rotatable bonds is 4. The van der Waals surface area contributed by atoms with E-state index in [4.69, 9.17) is 27.6 Å². The lowest BCUT2D eigenvalue weighted by Gasteiger charge is -2.08. The fraction of sp³-hybridized carbons (Fsp3) is 0.0500. The van der Waals surface area contributed by atoms with Gasteiger partial charge < -0.3 is 14.8 Å². The summed E-state index contributed by atoms with van der Waals surface area (Å²) in [5, 5.41) is 13.5. The van der Waals surface area contributed by atoms with Crippen LogP contribution in [0.2, 0.25) is 10.0 Å². The maximum Gasteiger partial charge on any atom is 0.345 e. The number of anilines is 2. The first-order valence-corrected chi connectivity index (χ1v) is 9.03. The molecule has 6 nitrogen and oxygen atoms in total. The van der Waals surface area contributed by atoms with Gasteiger partial charge in [-0.2, -0.15) is 4.98 Å². The molecule has 2 aromatic heterocycles. The van der Waals surface area contributed by atoms with Gasteiger partial charge in [-0.3, -0.25) is 0 Å². The highest BCUT2D eigenvalue weighted by molar-refractivity contribution is 6.39. The van der Waals surface area contributed by atoms with Crippen molar-refractivity contribution < 1.29 is 9.52 Å². The lowest BCUT2D eigenvalue weighted by molar-refractivity contribution is 0.282. The Bertz CT molecular complexity index is 1220. The molecule has 4 aromatic rings. The maximum absolute atomic E-state index is 12.5. The molecule has 0 radical (unpaired) electrons. The average molecular weight is 414 g/mol. The molecule has 0 saturated carbocycles. The standard InChI is InChI=1S/C20H13Cl2N3O3/c21-15-5-2-6-16(22)17(15)14-8-12-9-23-20(25-18(12)28-19(14)27)24-13-4-1-3-11(7-13)10-26/h1-9,26H,10H2,(H,23,24,25). The van der Waals surface area contributed by atoms with Gasteiger partial charge in [0, 0.05) is 17.4 Å². The SMILES string of the molecule is O=c1oc2nc(Nc3cccc(CO)c3)ncc2cc1-c1c(Cl)cccc1Cl. The van der Waals surface area contributed by atoms with Gasteiger partial charge in [0.15, 0.2) is 0 Å². The Morgan fingerprint density at radius 2 is 1.82 bits per heavy atom. The van der Waals surface area contributed by atoms with E-state index in [1.807, 2.05) is 6.07 Å². The number of nitrogens with one attached hydrogen (secondary N) is 1. The molecular weight excluding hydrogens is 401 g/mol. The molecule has 8 heteroatoms. The number of nitrogens with zero attached hydrogens (tertiary/aromatic N) is 2. The highest BCUT2D eigenvalue weighted by Gasteiger charge is 2.15. The third-order valence-corrected chi connectivity index (χ3v) is 4.72. The predicted octanol–water partition coefficient (Wildman–Crippen LogP) is 4.79. The zero-order valence-corrected chi connectivity index (χ0v) is 15.8. The molecule has 140 valence electrons. The van der Waals surface area contributed by atoms with Crippen LogP contribution in [0.1, 0.15) is 5.56 Å². The predicted molar refractivity (Wildman–Crippen MR) is 109 cm³/mol. The van der Waals surface area contributed by atoms with Crippen LogP contribution in [0.3, 0.4) is 0 Å². The van der Waals surface area contributed by atoms with Gasteiger partial charge in [-0.25, -0.2) is 9.78 Å². The van der Waals surface area contributed by atoms with Gasteiger partial charge in [0.1, 0.15) is 0 Å². The molecule has 0 aliphatic carbocycles. The van der Waals surface area contributed by atoms with Crippen molar-refractivity contribution in [1.29, 1.82) is 0 Å². The monoisotopic (exact) mass is 413 g/mol. The minimum atomic E-state index is -0.602. The number of aliphatic hydroxyl groups is 1. The zero-order valence-electron chi connectivity index (χ0n) is 14.3. The number of hydrogen-bond acceptors (Lipinski definition) is 6. The van der Waals surface area contributed by atoms with Crippen LogP contribution in [0, 0.1) is 0 Å². The van der Waals surface area contributed by atoms with E-state index in [1.165, 1.54) is 6.20 Å². The molecule has 2 N–H and O–H groups in total. The topological polar surface area (TPSA) is 88.2 Å². The number of aromatic nitrogens is 2. The second-order valence-electron chi connectivity index (χ2n) is 5.98. The van der Waals surface area contributed by atoms with E-state index < -0.39 is 5.63 Å². The fourth-order valence-corrected chi connectivity index (χ4v) is 3.38. The van der Waals surface area contributed by atoms with E-state index >= 15 is 0 Å². The van der Waals surface area contributed by atoms with Crippen LogP contribution in [-0.4, -0.2) is 15.1 Å². The maximum atomic E-state index is 12.5. The van der Waals surface area contributed by atoms with Crippen LogP contribution in [0.5, 0.6) is 0 Å². The lowest BCUT2D eigenvalue weighted by atomic mass is 10.1. The summed E-state index contributed by atoms with van der Waals surface area (Å²) in [6, 6.07) is 13.8. The van der Waals surface area contributed by atoms with Gasteiger partial charge in [0.2, 0.25) is 11.7 Å². The zero-order chi connectivity index (χ0) is 19.7. The molecule has 0 unspecified atom stereocenters. The van der Waals surface area contributed by atoms with Gasteiger partial charge >= 0.3 is 5.63 Å². The third kappa shape index (κ3) is 3.57. The van der Waals surface area contributed by atoms with Crippen LogP contribution in [0.4, 0.5) is 11.6 Å². The number of aliphatic hydroxyl groups excluding tert-OH is 1. The Morgan fingerprint density at radius 1 is 1.07 bits per heavy atom. The van der Waals surface area contributed by atoms with Crippen molar-refractivity contribution in [2.45, 2.75) is 6.61 Å². The quantitative estimate of drug-likeness (QED) is 0.499. The van der Waals surface area contributed by atoms with Crippen molar-refractivity contribution in [2.24, 2.45) is 0 Å². The first-order chi connectivity index (χ1) is 13.5. The summed E-state index contributed by atoms with van der Waals surface area (Å²) < 4.78 is 5.38. The van der Waals surface area contributed by atoms with Gasteiger partial charge in [-0.1, -0.05) is 41.4 Å². The Kier molecular flexibility index (Phi) is 5.00. The number of halogens is 2. The molecule has 0 aliphatic rings. The molecule has 28 heavy (non-hydrogen) atoms. The van der Waals surface area contributed by atoms with E-state index in [2.05, 4.69) is 15.3 Å². The van der Waals surface area contributed by atoms with Gasteiger partial charge in [-0.05, 0) is 35.9 Å². The van der Waals surface area contributed by atoms with E-state index in [0.29, 0.717) is 26.7 Å². The number of fused-ring (bicyclic) bond motifs is 1. The molecule has 0 atom stereocenters. The molecule has 0 fully saturated rings. The minimum absolute atomic E-state index is 0.0731. The molecule has 4 rings (SSSR count). The Balaban J connectivity index is 1.75. The molecule has 0 spiro atoms. The second-order valence-corrected chi connectivity index (χ2v) is 6.80. The van der Waals surface area contributed by atoms with Crippen LogP contribution in [0.15, 0.2) is 63.9 Å². The summed E-state index contributed by atoms with van der Waals surface area (Å²) in [6.45, 7) is -0.0731.